The minimum atomic E-state index is 0.298. The van der Waals surface area contributed by atoms with Crippen LogP contribution < -0.4 is 5.73 Å². The van der Waals surface area contributed by atoms with Gasteiger partial charge in [-0.25, -0.2) is 0 Å². The molecule has 0 bridgehead atoms. The fraction of sp³-hybridized carbons (Fsp3) is 0.909. The van der Waals surface area contributed by atoms with Crippen molar-refractivity contribution in [2.75, 3.05) is 13.1 Å². The highest BCUT2D eigenvalue weighted by Crippen LogP contribution is 2.35. The number of amides is 1. The van der Waals surface area contributed by atoms with E-state index < -0.39 is 0 Å². The van der Waals surface area contributed by atoms with Crippen molar-refractivity contribution in [3.8, 4) is 0 Å². The third-order valence-electron chi connectivity index (χ3n) is 3.81. The van der Waals surface area contributed by atoms with Gasteiger partial charge in [-0.1, -0.05) is 13.3 Å². The number of carbonyl (C=O) groups excluding carboxylic acids is 1. The number of hydrogen-bond donors (Lipinski definition) is 1. The van der Waals surface area contributed by atoms with Crippen molar-refractivity contribution < 1.29 is 4.79 Å². The zero-order valence-electron chi connectivity index (χ0n) is 8.91. The van der Waals surface area contributed by atoms with Crippen LogP contribution in [0.4, 0.5) is 0 Å². The molecule has 2 aliphatic rings. The van der Waals surface area contributed by atoms with Crippen LogP contribution in [0.15, 0.2) is 0 Å². The van der Waals surface area contributed by atoms with Gasteiger partial charge in [0.25, 0.3) is 0 Å². The van der Waals surface area contributed by atoms with E-state index in [0.717, 1.165) is 19.5 Å². The highest BCUT2D eigenvalue weighted by atomic mass is 16.2. The molecule has 1 saturated carbocycles. The third-order valence-corrected chi connectivity index (χ3v) is 3.81. The summed E-state index contributed by atoms with van der Waals surface area (Å²) in [6.45, 7) is 3.81. The molecule has 3 heteroatoms. The van der Waals surface area contributed by atoms with E-state index in [9.17, 15) is 4.79 Å². The Morgan fingerprint density at radius 3 is 2.86 bits per heavy atom. The predicted molar refractivity (Wildman–Crippen MR) is 55.7 cm³/mol. The quantitative estimate of drug-likeness (QED) is 0.679. The van der Waals surface area contributed by atoms with Crippen LogP contribution in [-0.4, -0.2) is 29.9 Å². The Balaban J connectivity index is 2.00. The second-order valence-electron chi connectivity index (χ2n) is 4.67. The Labute approximate surface area is 85.6 Å². The summed E-state index contributed by atoms with van der Waals surface area (Å²) in [6.07, 6.45) is 4.30. The molecule has 3 nitrogen and oxygen atoms in total. The van der Waals surface area contributed by atoms with Gasteiger partial charge < -0.3 is 10.6 Å². The van der Waals surface area contributed by atoms with Crippen LogP contribution in [0.2, 0.25) is 0 Å². The van der Waals surface area contributed by atoms with E-state index in [4.69, 9.17) is 5.73 Å². The van der Waals surface area contributed by atoms with Gasteiger partial charge in [-0.05, 0) is 24.7 Å². The van der Waals surface area contributed by atoms with Crippen molar-refractivity contribution in [3.05, 3.63) is 0 Å². The largest absolute Gasteiger partial charge is 0.342 e. The van der Waals surface area contributed by atoms with E-state index in [2.05, 4.69) is 0 Å². The lowest BCUT2D eigenvalue weighted by atomic mass is 9.78. The molecule has 1 saturated heterocycles. The number of carbonyl (C=O) groups is 1. The molecule has 14 heavy (non-hydrogen) atoms. The van der Waals surface area contributed by atoms with Gasteiger partial charge in [0, 0.05) is 25.6 Å². The molecule has 0 aromatic rings. The molecule has 1 heterocycles. The van der Waals surface area contributed by atoms with Crippen LogP contribution in [-0.2, 0) is 4.79 Å². The summed E-state index contributed by atoms with van der Waals surface area (Å²) in [5.41, 5.74) is 6.09. The summed E-state index contributed by atoms with van der Waals surface area (Å²) in [5.74, 6) is 1.57. The first-order valence-corrected chi connectivity index (χ1v) is 5.75. The van der Waals surface area contributed by atoms with Crippen molar-refractivity contribution in [1.82, 2.24) is 4.90 Å². The zero-order chi connectivity index (χ0) is 10.1. The van der Waals surface area contributed by atoms with E-state index in [0.29, 0.717) is 30.2 Å². The smallest absolute Gasteiger partial charge is 0.222 e. The molecule has 2 fully saturated rings. The standard InChI is InChI=1S/C11H20N2O/c1-2-11(14)13-6-8-4-3-5-10(12)9(8)7-13/h8-10H,2-7,12H2,1H3. The molecule has 1 aliphatic carbocycles. The second kappa shape index (κ2) is 3.89. The van der Waals surface area contributed by atoms with Crippen LogP contribution in [0.5, 0.6) is 0 Å². The second-order valence-corrected chi connectivity index (χ2v) is 4.67. The lowest BCUT2D eigenvalue weighted by molar-refractivity contribution is -0.130. The number of nitrogens with zero attached hydrogens (tertiary/aromatic N) is 1. The first-order valence-electron chi connectivity index (χ1n) is 5.75. The molecule has 3 unspecified atom stereocenters. The molecule has 1 aliphatic heterocycles. The Morgan fingerprint density at radius 2 is 2.21 bits per heavy atom. The summed E-state index contributed by atoms with van der Waals surface area (Å²) in [6, 6.07) is 0.336. The fourth-order valence-electron chi connectivity index (χ4n) is 2.94. The summed E-state index contributed by atoms with van der Waals surface area (Å²) >= 11 is 0. The SMILES string of the molecule is CCC(=O)N1CC2CCCC(N)C2C1. The summed E-state index contributed by atoms with van der Waals surface area (Å²) in [4.78, 5) is 13.6. The fourth-order valence-corrected chi connectivity index (χ4v) is 2.94. The number of fused-ring (bicyclic) bond motifs is 1. The van der Waals surface area contributed by atoms with Gasteiger partial charge in [0.2, 0.25) is 5.91 Å². The molecule has 2 N–H and O–H groups in total. The molecule has 3 atom stereocenters. The van der Waals surface area contributed by atoms with Crippen LogP contribution >= 0.6 is 0 Å². The van der Waals surface area contributed by atoms with Gasteiger partial charge in [0.15, 0.2) is 0 Å². The maximum absolute atomic E-state index is 11.5. The van der Waals surface area contributed by atoms with Gasteiger partial charge in [-0.15, -0.1) is 0 Å². The minimum absolute atomic E-state index is 0.298. The molecule has 80 valence electrons. The van der Waals surface area contributed by atoms with E-state index in [-0.39, 0.29) is 0 Å². The van der Waals surface area contributed by atoms with Gasteiger partial charge in [0.05, 0.1) is 0 Å². The lowest BCUT2D eigenvalue weighted by Crippen LogP contribution is -2.38. The Bertz CT molecular complexity index is 229. The Hall–Kier alpha value is -0.570. The minimum Gasteiger partial charge on any atom is -0.342 e. The topological polar surface area (TPSA) is 46.3 Å². The average Bonchev–Trinajstić information content (AvgIpc) is 2.62. The molecule has 0 spiro atoms. The highest BCUT2D eigenvalue weighted by molar-refractivity contribution is 5.76. The first-order chi connectivity index (χ1) is 6.72. The third kappa shape index (κ3) is 1.65. The van der Waals surface area contributed by atoms with Crippen molar-refractivity contribution in [3.63, 3.8) is 0 Å². The molecule has 2 rings (SSSR count). The van der Waals surface area contributed by atoms with E-state index in [1.54, 1.807) is 0 Å². The van der Waals surface area contributed by atoms with Crippen molar-refractivity contribution in [1.29, 1.82) is 0 Å². The lowest BCUT2D eigenvalue weighted by Gasteiger charge is -2.29. The zero-order valence-corrected chi connectivity index (χ0v) is 8.91. The molecule has 0 aromatic heterocycles. The van der Waals surface area contributed by atoms with Crippen LogP contribution in [0.3, 0.4) is 0 Å². The summed E-state index contributed by atoms with van der Waals surface area (Å²) in [7, 11) is 0. The van der Waals surface area contributed by atoms with Gasteiger partial charge in [-0.3, -0.25) is 4.79 Å². The van der Waals surface area contributed by atoms with Crippen molar-refractivity contribution >= 4 is 5.91 Å². The van der Waals surface area contributed by atoms with Crippen molar-refractivity contribution in [2.45, 2.75) is 38.6 Å². The summed E-state index contributed by atoms with van der Waals surface area (Å²) < 4.78 is 0. The molecule has 0 radical (unpaired) electrons. The molecule has 1 amide bonds. The van der Waals surface area contributed by atoms with E-state index >= 15 is 0 Å². The predicted octanol–water partition coefficient (Wildman–Crippen LogP) is 0.982. The molecular weight excluding hydrogens is 176 g/mol. The Morgan fingerprint density at radius 1 is 1.43 bits per heavy atom. The number of hydrogen-bond acceptors (Lipinski definition) is 2. The average molecular weight is 196 g/mol. The van der Waals surface area contributed by atoms with E-state index in [1.807, 2.05) is 11.8 Å². The number of rotatable bonds is 1. The van der Waals surface area contributed by atoms with Crippen LogP contribution in [0, 0.1) is 11.8 Å². The maximum atomic E-state index is 11.5. The van der Waals surface area contributed by atoms with Gasteiger partial charge in [0.1, 0.15) is 0 Å². The normalized spacial score (nSPS) is 37.0. The Kier molecular flexibility index (Phi) is 2.77. The highest BCUT2D eigenvalue weighted by Gasteiger charge is 2.39. The monoisotopic (exact) mass is 196 g/mol. The van der Waals surface area contributed by atoms with E-state index in [1.165, 1.54) is 12.8 Å². The number of nitrogens with two attached hydrogens (primary N) is 1. The molecular formula is C11H20N2O. The van der Waals surface area contributed by atoms with Crippen LogP contribution in [0.25, 0.3) is 0 Å². The van der Waals surface area contributed by atoms with Gasteiger partial charge >= 0.3 is 0 Å². The summed E-state index contributed by atoms with van der Waals surface area (Å²) in [5, 5.41) is 0. The molecule has 0 aromatic carbocycles. The van der Waals surface area contributed by atoms with Gasteiger partial charge in [-0.2, -0.15) is 0 Å². The first kappa shape index (κ1) is 9.97. The van der Waals surface area contributed by atoms with Crippen LogP contribution in [0.1, 0.15) is 32.6 Å². The van der Waals surface area contributed by atoms with Crippen molar-refractivity contribution in [2.24, 2.45) is 17.6 Å². The number of likely N-dealkylation sites (tertiary alicyclic amines) is 1. The maximum Gasteiger partial charge on any atom is 0.222 e.